The van der Waals surface area contributed by atoms with Gasteiger partial charge in [-0.3, -0.25) is 4.79 Å². The van der Waals surface area contributed by atoms with Crippen LogP contribution in [0.4, 0.5) is 15.8 Å². The molecular formula is C24H15ClFN2O5-. The number of nitrogens with zero attached hydrogens (tertiary/aromatic N) is 1. The van der Waals surface area contributed by atoms with E-state index in [1.54, 1.807) is 24.3 Å². The third-order valence-electron chi connectivity index (χ3n) is 4.71. The molecule has 0 saturated carbocycles. The molecule has 3 aromatic carbocycles. The number of carbonyl (C=O) groups is 2. The van der Waals surface area contributed by atoms with Gasteiger partial charge in [0.25, 0.3) is 5.91 Å². The monoisotopic (exact) mass is 465 g/mol. The number of amides is 1. The van der Waals surface area contributed by atoms with E-state index in [2.05, 4.69) is 10.3 Å². The number of rotatable bonds is 5. The first-order valence-electron chi connectivity index (χ1n) is 9.58. The molecule has 7 nitrogen and oxygen atoms in total. The number of methoxy groups -OCH3 is 1. The van der Waals surface area contributed by atoms with Gasteiger partial charge in [-0.05, 0) is 60.2 Å². The molecule has 0 radical (unpaired) electrons. The van der Waals surface area contributed by atoms with Gasteiger partial charge in [-0.15, -0.1) is 0 Å². The summed E-state index contributed by atoms with van der Waals surface area (Å²) >= 11 is 5.80. The number of hydrogen-bond acceptors (Lipinski definition) is 6. The number of carboxylic acid groups (broad SMARTS) is 1. The van der Waals surface area contributed by atoms with Crippen molar-refractivity contribution in [2.45, 2.75) is 0 Å². The van der Waals surface area contributed by atoms with Crippen LogP contribution in [-0.4, -0.2) is 19.0 Å². The summed E-state index contributed by atoms with van der Waals surface area (Å²) in [5.41, 5.74) is 1.14. The summed E-state index contributed by atoms with van der Waals surface area (Å²) in [6, 6.07) is 16.0. The van der Waals surface area contributed by atoms with Crippen molar-refractivity contribution in [2.75, 3.05) is 12.4 Å². The van der Waals surface area contributed by atoms with E-state index in [1.165, 1.54) is 43.5 Å². The van der Waals surface area contributed by atoms with Crippen LogP contribution >= 0.6 is 11.6 Å². The molecule has 1 amide bonds. The minimum atomic E-state index is -1.32. The van der Waals surface area contributed by atoms with Gasteiger partial charge in [0.15, 0.2) is 0 Å². The third kappa shape index (κ3) is 4.86. The fourth-order valence-electron chi connectivity index (χ4n) is 3.04. The van der Waals surface area contributed by atoms with E-state index >= 15 is 0 Å². The van der Waals surface area contributed by atoms with Crippen LogP contribution in [0.15, 0.2) is 76.1 Å². The molecule has 0 aliphatic rings. The summed E-state index contributed by atoms with van der Waals surface area (Å²) in [6.45, 7) is 0. The lowest BCUT2D eigenvalue weighted by Gasteiger charge is -2.09. The Morgan fingerprint density at radius 2 is 1.82 bits per heavy atom. The van der Waals surface area contributed by atoms with Gasteiger partial charge in [-0.25, -0.2) is 9.38 Å². The molecule has 0 fully saturated rings. The molecule has 0 aliphatic carbocycles. The normalized spacial score (nSPS) is 11.4. The molecule has 166 valence electrons. The second kappa shape index (κ2) is 9.13. The van der Waals surface area contributed by atoms with Gasteiger partial charge in [-0.2, -0.15) is 0 Å². The molecule has 0 aliphatic heterocycles. The Kier molecular flexibility index (Phi) is 6.10. The van der Waals surface area contributed by atoms with Crippen molar-refractivity contribution in [3.63, 3.8) is 0 Å². The quantitative estimate of drug-likeness (QED) is 0.478. The Morgan fingerprint density at radius 3 is 2.48 bits per heavy atom. The highest BCUT2D eigenvalue weighted by Crippen LogP contribution is 2.23. The van der Waals surface area contributed by atoms with Gasteiger partial charge in [0, 0.05) is 11.1 Å². The van der Waals surface area contributed by atoms with Crippen LogP contribution in [0.1, 0.15) is 20.7 Å². The molecule has 4 rings (SSSR count). The Balaban J connectivity index is 1.83. The number of anilines is 1. The molecule has 0 spiro atoms. The van der Waals surface area contributed by atoms with Gasteiger partial charge in [-0.1, -0.05) is 23.7 Å². The Hall–Kier alpha value is -4.17. The van der Waals surface area contributed by atoms with E-state index in [9.17, 15) is 19.1 Å². The van der Waals surface area contributed by atoms with Crippen LogP contribution in [0.5, 0.6) is 5.75 Å². The van der Waals surface area contributed by atoms with Crippen molar-refractivity contribution in [3.05, 3.63) is 94.3 Å². The van der Waals surface area contributed by atoms with E-state index in [0.29, 0.717) is 22.4 Å². The summed E-state index contributed by atoms with van der Waals surface area (Å²) in [6.07, 6.45) is 0. The predicted molar refractivity (Wildman–Crippen MR) is 118 cm³/mol. The summed E-state index contributed by atoms with van der Waals surface area (Å²) < 4.78 is 24.6. The topological polar surface area (TPSA) is 104 Å². The van der Waals surface area contributed by atoms with E-state index in [1.807, 2.05) is 0 Å². The first-order valence-corrected chi connectivity index (χ1v) is 9.96. The maximum atomic E-state index is 13.5. The zero-order chi connectivity index (χ0) is 23.5. The molecule has 0 atom stereocenters. The van der Waals surface area contributed by atoms with E-state index in [-0.39, 0.29) is 27.4 Å². The first kappa shape index (κ1) is 22.0. The van der Waals surface area contributed by atoms with E-state index < -0.39 is 17.7 Å². The van der Waals surface area contributed by atoms with Crippen LogP contribution in [0.25, 0.3) is 11.0 Å². The Morgan fingerprint density at radius 1 is 1.06 bits per heavy atom. The van der Waals surface area contributed by atoms with Gasteiger partial charge >= 0.3 is 0 Å². The number of carbonyl (C=O) groups excluding carboxylic acids is 2. The SMILES string of the molecule is COc1ccc2oc(=Nc3ccc(C(=O)[O-])cc3)c(C(=O)Nc3ccc(F)c(Cl)c3)cc2c1. The number of fused-ring (bicyclic) bond motifs is 1. The summed E-state index contributed by atoms with van der Waals surface area (Å²) in [4.78, 5) is 28.4. The number of halogens is 2. The van der Waals surface area contributed by atoms with Crippen LogP contribution in [0, 0.1) is 5.82 Å². The molecular weight excluding hydrogens is 451 g/mol. The smallest absolute Gasteiger partial charge is 0.261 e. The molecule has 1 aromatic heterocycles. The van der Waals surface area contributed by atoms with Crippen LogP contribution in [0.3, 0.4) is 0 Å². The molecule has 33 heavy (non-hydrogen) atoms. The summed E-state index contributed by atoms with van der Waals surface area (Å²) in [5.74, 6) is -1.93. The third-order valence-corrected chi connectivity index (χ3v) is 5.00. The van der Waals surface area contributed by atoms with Crippen molar-refractivity contribution in [3.8, 4) is 5.75 Å². The average molecular weight is 466 g/mol. The zero-order valence-corrected chi connectivity index (χ0v) is 17.9. The van der Waals surface area contributed by atoms with Gasteiger partial charge in [0.2, 0.25) is 5.55 Å². The fraction of sp³-hybridized carbons (Fsp3) is 0.0417. The number of aromatic carboxylic acids is 1. The molecule has 0 bridgehead atoms. The lowest BCUT2D eigenvalue weighted by atomic mass is 10.1. The second-order valence-electron chi connectivity index (χ2n) is 6.90. The highest BCUT2D eigenvalue weighted by atomic mass is 35.5. The van der Waals surface area contributed by atoms with Crippen molar-refractivity contribution >= 4 is 45.8 Å². The number of hydrogen-bond donors (Lipinski definition) is 1. The second-order valence-corrected chi connectivity index (χ2v) is 7.31. The highest BCUT2D eigenvalue weighted by Gasteiger charge is 2.15. The average Bonchev–Trinajstić information content (AvgIpc) is 2.81. The maximum Gasteiger partial charge on any atom is 0.261 e. The number of nitrogens with one attached hydrogen (secondary N) is 1. The fourth-order valence-corrected chi connectivity index (χ4v) is 3.22. The number of ether oxygens (including phenoxy) is 1. The van der Waals surface area contributed by atoms with Crippen LogP contribution in [-0.2, 0) is 0 Å². The molecule has 4 aromatic rings. The van der Waals surface area contributed by atoms with E-state index in [0.717, 1.165) is 6.07 Å². The van der Waals surface area contributed by atoms with E-state index in [4.69, 9.17) is 20.8 Å². The van der Waals surface area contributed by atoms with Crippen molar-refractivity contribution in [2.24, 2.45) is 4.99 Å². The lowest BCUT2D eigenvalue weighted by Crippen LogP contribution is -2.22. The van der Waals surface area contributed by atoms with Crippen molar-refractivity contribution < 1.29 is 28.2 Å². The molecule has 1 heterocycles. The lowest BCUT2D eigenvalue weighted by molar-refractivity contribution is -0.255. The molecule has 0 saturated heterocycles. The molecule has 9 heteroatoms. The Labute approximate surface area is 191 Å². The maximum absolute atomic E-state index is 13.5. The molecule has 1 N–H and O–H groups in total. The van der Waals surface area contributed by atoms with Gasteiger partial charge in [0.05, 0.1) is 23.8 Å². The van der Waals surface area contributed by atoms with Crippen LogP contribution < -0.4 is 20.7 Å². The van der Waals surface area contributed by atoms with Crippen molar-refractivity contribution in [1.29, 1.82) is 0 Å². The van der Waals surface area contributed by atoms with Crippen molar-refractivity contribution in [1.82, 2.24) is 0 Å². The number of benzene rings is 3. The largest absolute Gasteiger partial charge is 0.545 e. The van der Waals surface area contributed by atoms with Gasteiger partial charge < -0.3 is 24.4 Å². The van der Waals surface area contributed by atoms with Crippen LogP contribution in [0.2, 0.25) is 5.02 Å². The predicted octanol–water partition coefficient (Wildman–Crippen LogP) is 4.08. The number of carboxylic acids is 1. The van der Waals surface area contributed by atoms with Gasteiger partial charge in [0.1, 0.15) is 22.7 Å². The minimum absolute atomic E-state index is 0.0114. The standard InChI is InChI=1S/C24H16ClFN2O5/c1-32-17-7-9-21-14(10-17)11-18(22(29)27-16-6-8-20(26)19(25)12-16)23(33-21)28-15-4-2-13(3-5-15)24(30)31/h2-12H,1H3,(H,27,29)(H,30,31)/p-1. The summed E-state index contributed by atoms with van der Waals surface area (Å²) in [7, 11) is 1.52. The minimum Gasteiger partial charge on any atom is -0.545 e. The summed E-state index contributed by atoms with van der Waals surface area (Å²) in [5, 5.41) is 14.1. The zero-order valence-electron chi connectivity index (χ0n) is 17.1. The Bertz CT molecular complexity index is 1450. The first-order chi connectivity index (χ1) is 15.8. The highest BCUT2D eigenvalue weighted by molar-refractivity contribution is 6.31. The molecule has 0 unspecified atom stereocenters.